The molecule has 1 N–H and O–H groups in total. The first-order valence-corrected chi connectivity index (χ1v) is 7.52. The minimum Gasteiger partial charge on any atom is -0.380 e. The molecule has 0 aliphatic heterocycles. The van der Waals surface area contributed by atoms with Gasteiger partial charge in [-0.25, -0.2) is 0 Å². The van der Waals surface area contributed by atoms with E-state index in [0.717, 1.165) is 16.1 Å². The van der Waals surface area contributed by atoms with E-state index in [0.29, 0.717) is 16.1 Å². The molecule has 1 fully saturated rings. The first-order valence-electron chi connectivity index (χ1n) is 5.97. The summed E-state index contributed by atoms with van der Waals surface area (Å²) in [6.45, 7) is 2.19. The second-order valence-corrected chi connectivity index (χ2v) is 6.55. The molecule has 94 valence electrons. The first-order chi connectivity index (χ1) is 8.06. The maximum atomic E-state index is 6.19. The van der Waals surface area contributed by atoms with Crippen LogP contribution in [-0.4, -0.2) is 6.04 Å². The summed E-state index contributed by atoms with van der Waals surface area (Å²) in [5.74, 6) is 0.880. The molecule has 0 bridgehead atoms. The van der Waals surface area contributed by atoms with E-state index < -0.39 is 0 Å². The Hall–Kier alpha value is 0.0800. The fourth-order valence-corrected chi connectivity index (χ4v) is 3.53. The van der Waals surface area contributed by atoms with Gasteiger partial charge in [-0.05, 0) is 31.4 Å². The topological polar surface area (TPSA) is 12.0 Å². The van der Waals surface area contributed by atoms with Gasteiger partial charge in [0, 0.05) is 10.5 Å². The Kier molecular flexibility index (Phi) is 4.62. The van der Waals surface area contributed by atoms with Crippen LogP contribution in [-0.2, 0) is 0 Å². The average Bonchev–Trinajstić information content (AvgIpc) is 2.17. The summed E-state index contributed by atoms with van der Waals surface area (Å²) in [4.78, 5) is 0. The minimum atomic E-state index is 0.413. The molecule has 17 heavy (non-hydrogen) atoms. The molecule has 0 aromatic heterocycles. The molecule has 0 heterocycles. The SMILES string of the molecule is CC(CC1CCC1)Nc1c(Cl)cc(Br)cc1Cl. The van der Waals surface area contributed by atoms with E-state index in [1.54, 1.807) is 0 Å². The molecule has 4 heteroatoms. The molecular weight excluding hydrogens is 321 g/mol. The van der Waals surface area contributed by atoms with Crippen LogP contribution < -0.4 is 5.32 Å². The standard InChI is InChI=1S/C13H16BrCl2N/c1-8(5-9-3-2-4-9)17-13-11(15)6-10(14)7-12(13)16/h6-9,17H,2-5H2,1H3. The van der Waals surface area contributed by atoms with Crippen molar-refractivity contribution < 1.29 is 0 Å². The number of hydrogen-bond acceptors (Lipinski definition) is 1. The average molecular weight is 337 g/mol. The Labute approximate surface area is 121 Å². The van der Waals surface area contributed by atoms with E-state index in [1.807, 2.05) is 12.1 Å². The van der Waals surface area contributed by atoms with Crippen molar-refractivity contribution in [3.63, 3.8) is 0 Å². The summed E-state index contributed by atoms with van der Waals surface area (Å²) in [5, 5.41) is 4.76. The van der Waals surface area contributed by atoms with Gasteiger partial charge in [0.2, 0.25) is 0 Å². The van der Waals surface area contributed by atoms with Gasteiger partial charge >= 0.3 is 0 Å². The summed E-state index contributed by atoms with van der Waals surface area (Å²) >= 11 is 15.7. The molecule has 1 aliphatic rings. The van der Waals surface area contributed by atoms with Crippen LogP contribution in [0.25, 0.3) is 0 Å². The number of halogens is 3. The van der Waals surface area contributed by atoms with Gasteiger partial charge in [0.1, 0.15) is 0 Å². The molecule has 1 atom stereocenters. The highest BCUT2D eigenvalue weighted by Crippen LogP contribution is 2.36. The van der Waals surface area contributed by atoms with Crippen molar-refractivity contribution in [1.29, 1.82) is 0 Å². The quantitative estimate of drug-likeness (QED) is 0.738. The van der Waals surface area contributed by atoms with Crippen LogP contribution >= 0.6 is 39.1 Å². The zero-order valence-corrected chi connectivity index (χ0v) is 12.9. The third kappa shape index (κ3) is 3.52. The van der Waals surface area contributed by atoms with Crippen LogP contribution in [0.3, 0.4) is 0 Å². The zero-order chi connectivity index (χ0) is 12.4. The lowest BCUT2D eigenvalue weighted by atomic mass is 9.81. The molecule has 1 unspecified atom stereocenters. The molecule has 0 radical (unpaired) electrons. The van der Waals surface area contributed by atoms with Crippen molar-refractivity contribution in [3.05, 3.63) is 26.7 Å². The van der Waals surface area contributed by atoms with E-state index in [2.05, 4.69) is 28.2 Å². The third-order valence-corrected chi connectivity index (χ3v) is 4.36. The van der Waals surface area contributed by atoms with Gasteiger partial charge in [0.25, 0.3) is 0 Å². The predicted molar refractivity (Wildman–Crippen MR) is 79.2 cm³/mol. The van der Waals surface area contributed by atoms with E-state index in [-0.39, 0.29) is 0 Å². The lowest BCUT2D eigenvalue weighted by molar-refractivity contribution is 0.286. The monoisotopic (exact) mass is 335 g/mol. The lowest BCUT2D eigenvalue weighted by Crippen LogP contribution is -2.23. The first kappa shape index (κ1) is 13.5. The van der Waals surface area contributed by atoms with Crippen molar-refractivity contribution in [3.8, 4) is 0 Å². The van der Waals surface area contributed by atoms with E-state index >= 15 is 0 Å². The van der Waals surface area contributed by atoms with Crippen LogP contribution in [0.4, 0.5) is 5.69 Å². The highest BCUT2D eigenvalue weighted by Gasteiger charge is 2.20. The maximum Gasteiger partial charge on any atom is 0.0721 e. The summed E-state index contributed by atoms with van der Waals surface area (Å²) < 4.78 is 0.907. The van der Waals surface area contributed by atoms with Crippen LogP contribution in [0.5, 0.6) is 0 Å². The highest BCUT2D eigenvalue weighted by atomic mass is 79.9. The minimum absolute atomic E-state index is 0.413. The molecule has 1 aromatic rings. The summed E-state index contributed by atoms with van der Waals surface area (Å²) in [6, 6.07) is 4.15. The van der Waals surface area contributed by atoms with Crippen molar-refractivity contribution >= 4 is 44.8 Å². The number of hydrogen-bond donors (Lipinski definition) is 1. The highest BCUT2D eigenvalue weighted by molar-refractivity contribution is 9.10. The van der Waals surface area contributed by atoms with Gasteiger partial charge in [-0.15, -0.1) is 0 Å². The van der Waals surface area contributed by atoms with Gasteiger partial charge in [-0.2, -0.15) is 0 Å². The van der Waals surface area contributed by atoms with E-state index in [1.165, 1.54) is 25.7 Å². The largest absolute Gasteiger partial charge is 0.380 e. The Bertz CT molecular complexity index is 381. The van der Waals surface area contributed by atoms with Crippen molar-refractivity contribution in [2.45, 2.75) is 38.6 Å². The van der Waals surface area contributed by atoms with Gasteiger partial charge in [0.05, 0.1) is 15.7 Å². The Morgan fingerprint density at radius 1 is 1.35 bits per heavy atom. The van der Waals surface area contributed by atoms with Gasteiger partial charge in [-0.3, -0.25) is 0 Å². The molecule has 1 saturated carbocycles. The zero-order valence-electron chi connectivity index (χ0n) is 9.77. The molecule has 2 rings (SSSR count). The van der Waals surface area contributed by atoms with Crippen molar-refractivity contribution in [2.24, 2.45) is 5.92 Å². The second kappa shape index (κ2) is 5.81. The summed E-state index contributed by atoms with van der Waals surface area (Å²) in [7, 11) is 0. The molecule has 1 aromatic carbocycles. The fraction of sp³-hybridized carbons (Fsp3) is 0.538. The molecule has 1 aliphatic carbocycles. The number of anilines is 1. The lowest BCUT2D eigenvalue weighted by Gasteiger charge is -2.29. The van der Waals surface area contributed by atoms with Crippen LogP contribution in [0, 0.1) is 5.92 Å². The fourth-order valence-electron chi connectivity index (χ4n) is 2.21. The maximum absolute atomic E-state index is 6.19. The van der Waals surface area contributed by atoms with Gasteiger partial charge < -0.3 is 5.32 Å². The van der Waals surface area contributed by atoms with Gasteiger partial charge in [0.15, 0.2) is 0 Å². The number of nitrogens with one attached hydrogen (secondary N) is 1. The summed E-state index contributed by atoms with van der Waals surface area (Å²) in [6.07, 6.45) is 5.32. The molecule has 1 nitrogen and oxygen atoms in total. The normalized spacial score (nSPS) is 17.6. The van der Waals surface area contributed by atoms with Gasteiger partial charge in [-0.1, -0.05) is 58.4 Å². The second-order valence-electron chi connectivity index (χ2n) is 4.82. The Balaban J connectivity index is 2.01. The molecule has 0 spiro atoms. The Morgan fingerprint density at radius 3 is 2.41 bits per heavy atom. The van der Waals surface area contributed by atoms with Crippen LogP contribution in [0.1, 0.15) is 32.6 Å². The Morgan fingerprint density at radius 2 is 1.94 bits per heavy atom. The van der Waals surface area contributed by atoms with Crippen LogP contribution in [0.15, 0.2) is 16.6 Å². The van der Waals surface area contributed by atoms with Crippen LogP contribution in [0.2, 0.25) is 10.0 Å². The predicted octanol–water partition coefficient (Wildman–Crippen LogP) is 5.75. The number of rotatable bonds is 4. The third-order valence-electron chi connectivity index (χ3n) is 3.31. The summed E-state index contributed by atoms with van der Waals surface area (Å²) in [5.41, 5.74) is 0.850. The molecule has 0 amide bonds. The number of benzene rings is 1. The van der Waals surface area contributed by atoms with E-state index in [4.69, 9.17) is 23.2 Å². The van der Waals surface area contributed by atoms with Crippen molar-refractivity contribution in [2.75, 3.05) is 5.32 Å². The smallest absolute Gasteiger partial charge is 0.0721 e. The molecule has 0 saturated heterocycles. The van der Waals surface area contributed by atoms with E-state index in [9.17, 15) is 0 Å². The molecular formula is C13H16BrCl2N. The van der Waals surface area contributed by atoms with Crippen molar-refractivity contribution in [1.82, 2.24) is 0 Å².